The Morgan fingerprint density at radius 1 is 1.26 bits per heavy atom. The van der Waals surface area contributed by atoms with Gasteiger partial charge in [0.15, 0.2) is 8.07 Å². The number of hydrogen-bond donors (Lipinski definition) is 0. The Bertz CT molecular complexity index is 660. The van der Waals surface area contributed by atoms with E-state index in [0.717, 1.165) is 12.8 Å². The SMILES string of the molecule is COC(=O)[C@H]1C=C1CC(C)(C)CC#C[Si](C)(C)c1ccccc1. The number of benzene rings is 1. The van der Waals surface area contributed by atoms with E-state index in [4.69, 9.17) is 4.74 Å². The van der Waals surface area contributed by atoms with Crippen LogP contribution < -0.4 is 5.19 Å². The van der Waals surface area contributed by atoms with Gasteiger partial charge in [-0.2, -0.15) is 0 Å². The molecule has 1 aliphatic rings. The van der Waals surface area contributed by atoms with Crippen LogP contribution in [0.3, 0.4) is 0 Å². The van der Waals surface area contributed by atoms with Crippen molar-refractivity contribution >= 4 is 19.2 Å². The van der Waals surface area contributed by atoms with Crippen LogP contribution in [0.25, 0.3) is 0 Å². The second-order valence-corrected chi connectivity index (χ2v) is 11.6. The van der Waals surface area contributed by atoms with E-state index in [2.05, 4.69) is 62.7 Å². The Hall–Kier alpha value is -1.79. The maximum absolute atomic E-state index is 11.5. The minimum atomic E-state index is -1.69. The fraction of sp³-hybridized carbons (Fsp3) is 0.450. The molecule has 0 fully saturated rings. The maximum Gasteiger partial charge on any atom is 0.316 e. The molecule has 3 heteroatoms. The van der Waals surface area contributed by atoms with Gasteiger partial charge >= 0.3 is 5.97 Å². The van der Waals surface area contributed by atoms with E-state index in [9.17, 15) is 4.79 Å². The standard InChI is InChI=1S/C20H26O2Si/c1-20(2,15-16-14-18(16)19(21)22-3)12-9-13-23(4,5)17-10-7-6-8-11-17/h6-8,10-11,14,18H,12,15H2,1-5H3/t18-/m0/s1. The van der Waals surface area contributed by atoms with Crippen LogP contribution in [0.4, 0.5) is 0 Å². The molecule has 0 bridgehead atoms. The van der Waals surface area contributed by atoms with Crippen molar-refractivity contribution in [2.45, 2.75) is 39.8 Å². The molecule has 2 rings (SSSR count). The molecule has 0 heterocycles. The maximum atomic E-state index is 11.5. The molecule has 1 aromatic rings. The molecule has 23 heavy (non-hydrogen) atoms. The second-order valence-electron chi connectivity index (χ2n) is 7.55. The first-order valence-corrected chi connectivity index (χ1v) is 11.1. The van der Waals surface area contributed by atoms with Crippen LogP contribution in [0, 0.1) is 22.8 Å². The first kappa shape index (κ1) is 17.6. The van der Waals surface area contributed by atoms with Crippen LogP contribution in [-0.4, -0.2) is 21.2 Å². The van der Waals surface area contributed by atoms with Gasteiger partial charge in [0, 0.05) is 6.42 Å². The third kappa shape index (κ3) is 4.84. The summed E-state index contributed by atoms with van der Waals surface area (Å²) in [5, 5.41) is 1.38. The van der Waals surface area contributed by atoms with Gasteiger partial charge in [-0.05, 0) is 17.0 Å². The summed E-state index contributed by atoms with van der Waals surface area (Å²) in [5.41, 5.74) is 4.83. The fourth-order valence-corrected chi connectivity index (χ4v) is 4.43. The molecule has 0 aliphatic heterocycles. The Balaban J connectivity index is 1.93. The topological polar surface area (TPSA) is 26.3 Å². The fourth-order valence-electron chi connectivity index (χ4n) is 2.73. The van der Waals surface area contributed by atoms with E-state index in [-0.39, 0.29) is 17.3 Å². The van der Waals surface area contributed by atoms with E-state index in [1.54, 1.807) is 0 Å². The summed E-state index contributed by atoms with van der Waals surface area (Å²) in [5.74, 6) is 3.20. The zero-order valence-corrected chi connectivity index (χ0v) is 15.8. The highest BCUT2D eigenvalue weighted by Gasteiger charge is 2.36. The summed E-state index contributed by atoms with van der Waals surface area (Å²) in [6.45, 7) is 9.01. The molecule has 0 saturated carbocycles. The average Bonchev–Trinajstić information content (AvgIpc) is 3.25. The minimum Gasteiger partial charge on any atom is -0.468 e. The number of methoxy groups -OCH3 is 1. The van der Waals surface area contributed by atoms with E-state index < -0.39 is 8.07 Å². The molecule has 1 aliphatic carbocycles. The molecule has 1 atom stereocenters. The quantitative estimate of drug-likeness (QED) is 0.357. The number of carbonyl (C=O) groups excluding carboxylic acids is 1. The van der Waals surface area contributed by atoms with Crippen LogP contribution in [0.2, 0.25) is 13.1 Å². The Labute approximate surface area is 141 Å². The van der Waals surface area contributed by atoms with Crippen LogP contribution >= 0.6 is 0 Å². The van der Waals surface area contributed by atoms with Crippen molar-refractivity contribution in [1.82, 2.24) is 0 Å². The number of esters is 1. The van der Waals surface area contributed by atoms with Crippen LogP contribution in [-0.2, 0) is 9.53 Å². The molecule has 2 nitrogen and oxygen atoms in total. The minimum absolute atomic E-state index is 0.0811. The second kappa shape index (κ2) is 6.76. The Morgan fingerprint density at radius 3 is 2.52 bits per heavy atom. The van der Waals surface area contributed by atoms with Crippen LogP contribution in [0.5, 0.6) is 0 Å². The molecule has 0 spiro atoms. The number of rotatable bonds is 5. The van der Waals surface area contributed by atoms with Gasteiger partial charge in [-0.25, -0.2) is 0 Å². The molecular weight excluding hydrogens is 300 g/mol. The summed E-state index contributed by atoms with van der Waals surface area (Å²) in [6.07, 6.45) is 3.76. The molecule has 0 radical (unpaired) electrons. The third-order valence-electron chi connectivity index (χ3n) is 4.27. The summed E-state index contributed by atoms with van der Waals surface area (Å²) in [7, 11) is -0.247. The zero-order valence-electron chi connectivity index (χ0n) is 14.8. The smallest absolute Gasteiger partial charge is 0.316 e. The lowest BCUT2D eigenvalue weighted by atomic mass is 9.84. The summed E-state index contributed by atoms with van der Waals surface area (Å²) in [4.78, 5) is 11.5. The van der Waals surface area contributed by atoms with Crippen LogP contribution in [0.15, 0.2) is 42.0 Å². The predicted molar refractivity (Wildman–Crippen MR) is 97.9 cm³/mol. The van der Waals surface area contributed by atoms with Crippen molar-refractivity contribution in [3.63, 3.8) is 0 Å². The molecule has 1 aromatic carbocycles. The molecule has 0 saturated heterocycles. The van der Waals surface area contributed by atoms with E-state index in [0.29, 0.717) is 0 Å². The third-order valence-corrected chi connectivity index (χ3v) is 6.85. The number of hydrogen-bond acceptors (Lipinski definition) is 2. The number of ether oxygens (including phenoxy) is 1. The zero-order chi connectivity index (χ0) is 17.1. The highest BCUT2D eigenvalue weighted by Crippen LogP contribution is 2.41. The first-order chi connectivity index (χ1) is 10.7. The van der Waals surface area contributed by atoms with Gasteiger partial charge in [0.25, 0.3) is 0 Å². The highest BCUT2D eigenvalue weighted by atomic mass is 28.3. The van der Waals surface area contributed by atoms with Crippen molar-refractivity contribution in [2.24, 2.45) is 11.3 Å². The molecular formula is C20H26O2Si. The monoisotopic (exact) mass is 326 g/mol. The van der Waals surface area contributed by atoms with E-state index in [1.165, 1.54) is 17.9 Å². The lowest BCUT2D eigenvalue weighted by Crippen LogP contribution is -2.40. The number of carbonyl (C=O) groups is 1. The summed E-state index contributed by atoms with van der Waals surface area (Å²) >= 11 is 0. The largest absolute Gasteiger partial charge is 0.468 e. The first-order valence-electron chi connectivity index (χ1n) is 8.09. The molecule has 0 aromatic heterocycles. The van der Waals surface area contributed by atoms with Gasteiger partial charge in [0.05, 0.1) is 13.0 Å². The van der Waals surface area contributed by atoms with E-state index in [1.807, 2.05) is 12.1 Å². The highest BCUT2D eigenvalue weighted by molar-refractivity contribution is 6.96. The van der Waals surface area contributed by atoms with Crippen molar-refractivity contribution in [3.8, 4) is 11.5 Å². The van der Waals surface area contributed by atoms with Gasteiger partial charge in [-0.3, -0.25) is 4.79 Å². The van der Waals surface area contributed by atoms with Gasteiger partial charge in [0.2, 0.25) is 0 Å². The summed E-state index contributed by atoms with van der Waals surface area (Å²) < 4.78 is 4.78. The van der Waals surface area contributed by atoms with Gasteiger partial charge in [0.1, 0.15) is 0 Å². The lowest BCUT2D eigenvalue weighted by molar-refractivity contribution is -0.141. The average molecular weight is 327 g/mol. The van der Waals surface area contributed by atoms with Gasteiger partial charge in [-0.1, -0.05) is 68.9 Å². The van der Waals surface area contributed by atoms with Gasteiger partial charge in [-0.15, -0.1) is 11.5 Å². The van der Waals surface area contributed by atoms with Crippen molar-refractivity contribution < 1.29 is 9.53 Å². The van der Waals surface area contributed by atoms with Gasteiger partial charge < -0.3 is 4.74 Å². The molecule has 0 N–H and O–H groups in total. The summed E-state index contributed by atoms with van der Waals surface area (Å²) in [6, 6.07) is 10.6. The van der Waals surface area contributed by atoms with Crippen molar-refractivity contribution in [2.75, 3.05) is 7.11 Å². The molecule has 0 unspecified atom stereocenters. The predicted octanol–water partition coefficient (Wildman–Crippen LogP) is 3.68. The Morgan fingerprint density at radius 2 is 1.91 bits per heavy atom. The van der Waals surface area contributed by atoms with Crippen LogP contribution in [0.1, 0.15) is 26.7 Å². The van der Waals surface area contributed by atoms with Crippen molar-refractivity contribution in [3.05, 3.63) is 42.0 Å². The lowest BCUT2D eigenvalue weighted by Gasteiger charge is -2.21. The molecule has 0 amide bonds. The van der Waals surface area contributed by atoms with Crippen molar-refractivity contribution in [1.29, 1.82) is 0 Å². The van der Waals surface area contributed by atoms with E-state index >= 15 is 0 Å². The normalized spacial score (nSPS) is 16.9. The molecule has 122 valence electrons. The Kier molecular flexibility index (Phi) is 5.16.